The van der Waals surface area contributed by atoms with E-state index < -0.39 is 0 Å². The molecule has 17 heavy (non-hydrogen) atoms. The number of fused-ring (bicyclic) bond motifs is 1. The third-order valence-corrected chi connectivity index (χ3v) is 3.93. The van der Waals surface area contributed by atoms with Crippen molar-refractivity contribution in [3.05, 3.63) is 22.2 Å². The Hall–Kier alpha value is -0.930. The average Bonchev–Trinajstić information content (AvgIpc) is 2.99. The molecule has 0 amide bonds. The van der Waals surface area contributed by atoms with Gasteiger partial charge >= 0.3 is 0 Å². The highest BCUT2D eigenvalue weighted by molar-refractivity contribution is 6.33. The molecule has 3 rings (SSSR count). The second-order valence-electron chi connectivity index (χ2n) is 4.49. The Morgan fingerprint density at radius 3 is 3.06 bits per heavy atom. The number of nitrogens with one attached hydrogen (secondary N) is 1. The van der Waals surface area contributed by atoms with Gasteiger partial charge in [-0.2, -0.15) is 0 Å². The maximum absolute atomic E-state index is 6.41. The molecule has 1 saturated heterocycles. The summed E-state index contributed by atoms with van der Waals surface area (Å²) in [7, 11) is 0. The SMILES string of the molecule is CCc1c(C2CCCN2)cc2c(c1Cl)OCO2. The molecule has 0 saturated carbocycles. The number of rotatable bonds is 2. The summed E-state index contributed by atoms with van der Waals surface area (Å²) in [6, 6.07) is 2.51. The van der Waals surface area contributed by atoms with Gasteiger partial charge in [-0.1, -0.05) is 18.5 Å². The molecule has 0 spiro atoms. The molecule has 1 atom stereocenters. The van der Waals surface area contributed by atoms with Crippen molar-refractivity contribution in [1.82, 2.24) is 5.32 Å². The molecular weight excluding hydrogens is 238 g/mol. The molecule has 92 valence electrons. The first-order chi connectivity index (χ1) is 8.31. The Balaban J connectivity index is 2.10. The van der Waals surface area contributed by atoms with Gasteiger partial charge in [0, 0.05) is 6.04 Å². The molecular formula is C13H16ClNO2. The van der Waals surface area contributed by atoms with Gasteiger partial charge in [0.2, 0.25) is 6.79 Å². The van der Waals surface area contributed by atoms with Crippen LogP contribution in [0.1, 0.15) is 36.9 Å². The zero-order chi connectivity index (χ0) is 11.8. The van der Waals surface area contributed by atoms with Gasteiger partial charge in [-0.3, -0.25) is 0 Å². The fourth-order valence-electron chi connectivity index (χ4n) is 2.68. The van der Waals surface area contributed by atoms with E-state index in [1.807, 2.05) is 0 Å². The van der Waals surface area contributed by atoms with Crippen LogP contribution in [0.5, 0.6) is 11.5 Å². The van der Waals surface area contributed by atoms with Crippen LogP contribution in [0.3, 0.4) is 0 Å². The minimum Gasteiger partial charge on any atom is -0.454 e. The smallest absolute Gasteiger partial charge is 0.231 e. The molecule has 2 aliphatic rings. The fraction of sp³-hybridized carbons (Fsp3) is 0.538. The minimum absolute atomic E-state index is 0.278. The van der Waals surface area contributed by atoms with Crippen LogP contribution < -0.4 is 14.8 Å². The molecule has 1 fully saturated rings. The van der Waals surface area contributed by atoms with E-state index in [2.05, 4.69) is 18.3 Å². The number of halogens is 1. The highest BCUT2D eigenvalue weighted by Crippen LogP contribution is 2.45. The average molecular weight is 254 g/mol. The van der Waals surface area contributed by atoms with Crippen molar-refractivity contribution in [2.24, 2.45) is 0 Å². The van der Waals surface area contributed by atoms with Crippen molar-refractivity contribution in [3.8, 4) is 11.5 Å². The van der Waals surface area contributed by atoms with Crippen molar-refractivity contribution in [1.29, 1.82) is 0 Å². The Morgan fingerprint density at radius 1 is 1.47 bits per heavy atom. The third kappa shape index (κ3) is 1.78. The predicted molar refractivity (Wildman–Crippen MR) is 66.9 cm³/mol. The van der Waals surface area contributed by atoms with Crippen molar-refractivity contribution in [2.75, 3.05) is 13.3 Å². The van der Waals surface area contributed by atoms with Crippen LogP contribution in [-0.4, -0.2) is 13.3 Å². The highest BCUT2D eigenvalue weighted by atomic mass is 35.5. The second-order valence-corrected chi connectivity index (χ2v) is 4.87. The highest BCUT2D eigenvalue weighted by Gasteiger charge is 2.27. The Bertz CT molecular complexity index is 442. The van der Waals surface area contributed by atoms with Gasteiger partial charge in [0.25, 0.3) is 0 Å². The standard InChI is InChI=1S/C13H16ClNO2/c1-2-8-9(10-4-3-5-15-10)6-11-13(12(8)14)17-7-16-11/h6,10,15H,2-5,7H2,1H3. The summed E-state index contributed by atoms with van der Waals surface area (Å²) < 4.78 is 10.9. The van der Waals surface area contributed by atoms with Gasteiger partial charge in [0.15, 0.2) is 11.5 Å². The normalized spacial score (nSPS) is 22.1. The second kappa shape index (κ2) is 4.39. The van der Waals surface area contributed by atoms with Crippen molar-refractivity contribution in [3.63, 3.8) is 0 Å². The number of benzene rings is 1. The number of hydrogen-bond donors (Lipinski definition) is 1. The Labute approximate surface area is 106 Å². The molecule has 3 nitrogen and oxygen atoms in total. The van der Waals surface area contributed by atoms with E-state index in [1.165, 1.54) is 24.0 Å². The first kappa shape index (κ1) is 11.2. The summed E-state index contributed by atoms with van der Waals surface area (Å²) in [6.45, 7) is 3.49. The van der Waals surface area contributed by atoms with E-state index in [4.69, 9.17) is 21.1 Å². The zero-order valence-corrected chi connectivity index (χ0v) is 10.6. The van der Waals surface area contributed by atoms with Gasteiger partial charge in [-0.25, -0.2) is 0 Å². The van der Waals surface area contributed by atoms with Crippen LogP contribution in [0.2, 0.25) is 5.02 Å². The summed E-state index contributed by atoms with van der Waals surface area (Å²) in [5.74, 6) is 1.50. The van der Waals surface area contributed by atoms with Crippen LogP contribution in [0.4, 0.5) is 0 Å². The van der Waals surface area contributed by atoms with Crippen LogP contribution in [0, 0.1) is 0 Å². The molecule has 2 aliphatic heterocycles. The Morgan fingerprint density at radius 2 is 2.35 bits per heavy atom. The monoisotopic (exact) mass is 253 g/mol. The third-order valence-electron chi connectivity index (χ3n) is 3.53. The first-order valence-electron chi connectivity index (χ1n) is 6.15. The van der Waals surface area contributed by atoms with E-state index in [0.717, 1.165) is 23.7 Å². The number of ether oxygens (including phenoxy) is 2. The van der Waals surface area contributed by atoms with Crippen molar-refractivity contribution in [2.45, 2.75) is 32.2 Å². The van der Waals surface area contributed by atoms with Gasteiger partial charge in [-0.15, -0.1) is 0 Å². The van der Waals surface area contributed by atoms with Crippen LogP contribution in [0.25, 0.3) is 0 Å². The van der Waals surface area contributed by atoms with Crippen LogP contribution >= 0.6 is 11.6 Å². The minimum atomic E-state index is 0.278. The number of hydrogen-bond acceptors (Lipinski definition) is 3. The van der Waals surface area contributed by atoms with Gasteiger partial charge < -0.3 is 14.8 Å². The van der Waals surface area contributed by atoms with Gasteiger partial charge in [0.05, 0.1) is 5.02 Å². The van der Waals surface area contributed by atoms with Gasteiger partial charge in [-0.05, 0) is 43.0 Å². The van der Waals surface area contributed by atoms with E-state index in [0.29, 0.717) is 11.8 Å². The summed E-state index contributed by atoms with van der Waals surface area (Å²) in [5.41, 5.74) is 2.47. The van der Waals surface area contributed by atoms with Crippen molar-refractivity contribution < 1.29 is 9.47 Å². The lowest BCUT2D eigenvalue weighted by atomic mass is 9.96. The molecule has 0 bridgehead atoms. The molecule has 0 aromatic heterocycles. The maximum atomic E-state index is 6.41. The first-order valence-corrected chi connectivity index (χ1v) is 6.53. The summed E-state index contributed by atoms with van der Waals surface area (Å²) >= 11 is 6.41. The molecule has 1 unspecified atom stereocenters. The lowest BCUT2D eigenvalue weighted by molar-refractivity contribution is 0.174. The molecule has 4 heteroatoms. The van der Waals surface area contributed by atoms with E-state index in [9.17, 15) is 0 Å². The Kier molecular flexibility index (Phi) is 2.89. The van der Waals surface area contributed by atoms with E-state index in [-0.39, 0.29) is 6.79 Å². The van der Waals surface area contributed by atoms with Crippen molar-refractivity contribution >= 4 is 11.6 Å². The lowest BCUT2D eigenvalue weighted by Crippen LogP contribution is -2.14. The predicted octanol–water partition coefficient (Wildman–Crippen LogP) is 3.06. The van der Waals surface area contributed by atoms with E-state index in [1.54, 1.807) is 0 Å². The van der Waals surface area contributed by atoms with Crippen LogP contribution in [0.15, 0.2) is 6.07 Å². The molecule has 1 aromatic carbocycles. The lowest BCUT2D eigenvalue weighted by Gasteiger charge is -2.17. The molecule has 0 aliphatic carbocycles. The molecule has 2 heterocycles. The quantitative estimate of drug-likeness (QED) is 0.879. The fourth-order valence-corrected chi connectivity index (χ4v) is 3.07. The molecule has 1 N–H and O–H groups in total. The maximum Gasteiger partial charge on any atom is 0.231 e. The molecule has 1 aromatic rings. The largest absolute Gasteiger partial charge is 0.454 e. The topological polar surface area (TPSA) is 30.5 Å². The van der Waals surface area contributed by atoms with Crippen LogP contribution in [-0.2, 0) is 6.42 Å². The molecule has 0 radical (unpaired) electrons. The van der Waals surface area contributed by atoms with E-state index >= 15 is 0 Å². The summed E-state index contributed by atoms with van der Waals surface area (Å²) in [6.07, 6.45) is 3.31. The zero-order valence-electron chi connectivity index (χ0n) is 9.88. The summed E-state index contributed by atoms with van der Waals surface area (Å²) in [5, 5.41) is 4.24. The summed E-state index contributed by atoms with van der Waals surface area (Å²) in [4.78, 5) is 0. The van der Waals surface area contributed by atoms with Gasteiger partial charge in [0.1, 0.15) is 0 Å².